The second kappa shape index (κ2) is 5.08. The van der Waals surface area contributed by atoms with Crippen LogP contribution in [0.4, 0.5) is 0 Å². The van der Waals surface area contributed by atoms with Crippen molar-refractivity contribution in [2.24, 2.45) is 7.05 Å². The van der Waals surface area contributed by atoms with Gasteiger partial charge >= 0.3 is 5.69 Å². The molecule has 118 valence electrons. The summed E-state index contributed by atoms with van der Waals surface area (Å²) >= 11 is 0. The molecular weight excluding hydrogens is 296 g/mol. The Hall–Kier alpha value is -2.90. The van der Waals surface area contributed by atoms with E-state index >= 15 is 0 Å². The standard InChI is InChI=1S/C15H16N6O2/c1-19-15(23)21-7-6-20(5-4-13(21)18-19)14(22)10-2-3-11-12(8-10)17-9-16-11/h2-3,8-9H,4-7H2,1H3,(H,16,17). The van der Waals surface area contributed by atoms with Gasteiger partial charge in [-0.05, 0) is 18.2 Å². The van der Waals surface area contributed by atoms with E-state index in [1.807, 2.05) is 12.1 Å². The molecule has 8 nitrogen and oxygen atoms in total. The van der Waals surface area contributed by atoms with Crippen molar-refractivity contribution < 1.29 is 4.79 Å². The molecule has 2 aromatic heterocycles. The highest BCUT2D eigenvalue weighted by molar-refractivity contribution is 5.97. The molecule has 8 heteroatoms. The molecule has 0 atom stereocenters. The lowest BCUT2D eigenvalue weighted by atomic mass is 10.1. The first-order valence-electron chi connectivity index (χ1n) is 7.48. The van der Waals surface area contributed by atoms with Crippen molar-refractivity contribution >= 4 is 16.9 Å². The summed E-state index contributed by atoms with van der Waals surface area (Å²) < 4.78 is 2.99. The van der Waals surface area contributed by atoms with Crippen molar-refractivity contribution in [3.05, 3.63) is 46.4 Å². The molecule has 0 saturated carbocycles. The number of aromatic amines is 1. The van der Waals surface area contributed by atoms with Crippen LogP contribution in [0.2, 0.25) is 0 Å². The van der Waals surface area contributed by atoms with E-state index in [1.54, 1.807) is 28.9 Å². The maximum Gasteiger partial charge on any atom is 0.345 e. The zero-order valence-corrected chi connectivity index (χ0v) is 12.7. The third kappa shape index (κ3) is 2.23. The number of hydrogen-bond acceptors (Lipinski definition) is 4. The average molecular weight is 312 g/mol. The molecule has 1 amide bonds. The van der Waals surface area contributed by atoms with E-state index in [1.165, 1.54) is 4.68 Å². The summed E-state index contributed by atoms with van der Waals surface area (Å²) in [5.74, 6) is 0.695. The molecule has 0 saturated heterocycles. The van der Waals surface area contributed by atoms with Crippen LogP contribution >= 0.6 is 0 Å². The lowest BCUT2D eigenvalue weighted by Gasteiger charge is -2.20. The number of carbonyl (C=O) groups is 1. The highest BCUT2D eigenvalue weighted by Crippen LogP contribution is 2.15. The maximum absolute atomic E-state index is 12.7. The molecule has 1 aliphatic rings. The van der Waals surface area contributed by atoms with Crippen LogP contribution in [0.15, 0.2) is 29.3 Å². The number of benzene rings is 1. The van der Waals surface area contributed by atoms with Gasteiger partial charge in [-0.25, -0.2) is 14.5 Å². The highest BCUT2D eigenvalue weighted by Gasteiger charge is 2.22. The zero-order valence-electron chi connectivity index (χ0n) is 12.7. The Bertz CT molecular complexity index is 950. The summed E-state index contributed by atoms with van der Waals surface area (Å²) in [6.45, 7) is 1.52. The van der Waals surface area contributed by atoms with Gasteiger partial charge in [-0.2, -0.15) is 5.10 Å². The fraction of sp³-hybridized carbons (Fsp3) is 0.333. The summed E-state index contributed by atoms with van der Waals surface area (Å²) in [7, 11) is 1.65. The second-order valence-corrected chi connectivity index (χ2v) is 5.65. The molecule has 0 bridgehead atoms. The van der Waals surface area contributed by atoms with Crippen LogP contribution in [0.5, 0.6) is 0 Å². The quantitative estimate of drug-likeness (QED) is 0.693. The summed E-state index contributed by atoms with van der Waals surface area (Å²) in [5.41, 5.74) is 2.16. The SMILES string of the molecule is Cn1nc2n(c1=O)CCN(C(=O)c1ccc3nc[nH]c3c1)CC2. The fourth-order valence-electron chi connectivity index (χ4n) is 2.99. The molecule has 0 unspecified atom stereocenters. The van der Waals surface area contributed by atoms with Crippen LogP contribution in [0, 0.1) is 0 Å². The van der Waals surface area contributed by atoms with Crippen molar-refractivity contribution in [3.63, 3.8) is 0 Å². The second-order valence-electron chi connectivity index (χ2n) is 5.65. The van der Waals surface area contributed by atoms with E-state index in [9.17, 15) is 9.59 Å². The number of H-pyrrole nitrogens is 1. The number of aromatic nitrogens is 5. The zero-order chi connectivity index (χ0) is 16.0. The van der Waals surface area contributed by atoms with E-state index in [4.69, 9.17) is 0 Å². The molecular formula is C15H16N6O2. The maximum atomic E-state index is 12.7. The summed E-state index contributed by atoms with van der Waals surface area (Å²) in [6.07, 6.45) is 2.19. The largest absolute Gasteiger partial charge is 0.345 e. The molecule has 1 aromatic carbocycles. The topological polar surface area (TPSA) is 88.8 Å². The van der Waals surface area contributed by atoms with E-state index in [2.05, 4.69) is 15.1 Å². The van der Waals surface area contributed by atoms with Gasteiger partial charge in [-0.3, -0.25) is 9.36 Å². The minimum Gasteiger partial charge on any atom is -0.345 e. The lowest BCUT2D eigenvalue weighted by Crippen LogP contribution is -2.35. The number of imidazole rings is 1. The van der Waals surface area contributed by atoms with Crippen LogP contribution in [0.3, 0.4) is 0 Å². The normalized spacial score (nSPS) is 14.7. The minimum absolute atomic E-state index is 0.0379. The summed E-state index contributed by atoms with van der Waals surface area (Å²) in [6, 6.07) is 5.43. The number of nitrogens with one attached hydrogen (secondary N) is 1. The van der Waals surface area contributed by atoms with Crippen LogP contribution in [-0.4, -0.2) is 48.2 Å². The van der Waals surface area contributed by atoms with E-state index < -0.39 is 0 Å². The van der Waals surface area contributed by atoms with Crippen molar-refractivity contribution in [3.8, 4) is 0 Å². The molecule has 3 aromatic rings. The van der Waals surface area contributed by atoms with E-state index in [-0.39, 0.29) is 11.6 Å². The predicted octanol–water partition coefficient (Wildman–Crippen LogP) is 0.157. The molecule has 3 heterocycles. The lowest BCUT2D eigenvalue weighted by molar-refractivity contribution is 0.0758. The first-order valence-corrected chi connectivity index (χ1v) is 7.48. The van der Waals surface area contributed by atoms with Crippen molar-refractivity contribution in [2.75, 3.05) is 13.1 Å². The third-order valence-corrected chi connectivity index (χ3v) is 4.24. The number of hydrogen-bond donors (Lipinski definition) is 1. The number of nitrogens with zero attached hydrogens (tertiary/aromatic N) is 5. The smallest absolute Gasteiger partial charge is 0.345 e. The van der Waals surface area contributed by atoms with Crippen LogP contribution in [0.1, 0.15) is 16.2 Å². The van der Waals surface area contributed by atoms with Crippen molar-refractivity contribution in [1.29, 1.82) is 0 Å². The van der Waals surface area contributed by atoms with E-state index in [0.29, 0.717) is 31.6 Å². The molecule has 0 radical (unpaired) electrons. The third-order valence-electron chi connectivity index (χ3n) is 4.24. The summed E-state index contributed by atoms with van der Waals surface area (Å²) in [5, 5.41) is 4.23. The van der Waals surface area contributed by atoms with Crippen LogP contribution < -0.4 is 5.69 Å². The van der Waals surface area contributed by atoms with Crippen molar-refractivity contribution in [2.45, 2.75) is 13.0 Å². The molecule has 23 heavy (non-hydrogen) atoms. The Morgan fingerprint density at radius 2 is 2.13 bits per heavy atom. The molecule has 4 rings (SSSR count). The molecule has 0 spiro atoms. The molecule has 1 aliphatic heterocycles. The Kier molecular flexibility index (Phi) is 3.03. The Labute approximate surface area is 131 Å². The number of carbonyl (C=O) groups excluding carboxylic acids is 1. The highest BCUT2D eigenvalue weighted by atomic mass is 16.2. The van der Waals surface area contributed by atoms with Gasteiger partial charge in [0.15, 0.2) is 0 Å². The number of fused-ring (bicyclic) bond motifs is 2. The monoisotopic (exact) mass is 312 g/mol. The Morgan fingerprint density at radius 1 is 1.26 bits per heavy atom. The molecule has 0 fully saturated rings. The first kappa shape index (κ1) is 13.7. The molecule has 0 aliphatic carbocycles. The van der Waals surface area contributed by atoms with Gasteiger partial charge in [0.25, 0.3) is 5.91 Å². The van der Waals surface area contributed by atoms with Gasteiger partial charge < -0.3 is 9.88 Å². The van der Waals surface area contributed by atoms with Gasteiger partial charge in [-0.15, -0.1) is 0 Å². The number of rotatable bonds is 1. The predicted molar refractivity (Wildman–Crippen MR) is 83.2 cm³/mol. The molecule has 1 N–H and O–H groups in total. The average Bonchev–Trinajstić information content (AvgIpc) is 3.05. The summed E-state index contributed by atoms with van der Waals surface area (Å²) in [4.78, 5) is 33.6. The Balaban J connectivity index is 1.59. The van der Waals surface area contributed by atoms with Gasteiger partial charge in [0.05, 0.1) is 17.4 Å². The number of amides is 1. The minimum atomic E-state index is -0.131. The van der Waals surface area contributed by atoms with Gasteiger partial charge in [0.1, 0.15) is 5.82 Å². The van der Waals surface area contributed by atoms with Gasteiger partial charge in [0, 0.05) is 38.7 Å². The van der Waals surface area contributed by atoms with Crippen LogP contribution in [-0.2, 0) is 20.0 Å². The number of aryl methyl sites for hydroxylation is 1. The fourth-order valence-corrected chi connectivity index (χ4v) is 2.99. The Morgan fingerprint density at radius 3 is 3.00 bits per heavy atom. The van der Waals surface area contributed by atoms with E-state index in [0.717, 1.165) is 16.9 Å². The van der Waals surface area contributed by atoms with Crippen LogP contribution in [0.25, 0.3) is 11.0 Å². The van der Waals surface area contributed by atoms with Gasteiger partial charge in [-0.1, -0.05) is 0 Å². The first-order chi connectivity index (χ1) is 11.1. The van der Waals surface area contributed by atoms with Gasteiger partial charge in [0.2, 0.25) is 0 Å². The van der Waals surface area contributed by atoms with Crippen molar-refractivity contribution in [1.82, 2.24) is 29.2 Å².